The molecule has 0 saturated carbocycles. The fourth-order valence-electron chi connectivity index (χ4n) is 2.86. The zero-order valence-electron chi connectivity index (χ0n) is 14.4. The van der Waals surface area contributed by atoms with Crippen molar-refractivity contribution in [3.05, 3.63) is 28.8 Å². The molecule has 0 bridgehead atoms. The Labute approximate surface area is 148 Å². The van der Waals surface area contributed by atoms with Gasteiger partial charge in [0.25, 0.3) is 0 Å². The van der Waals surface area contributed by atoms with Crippen LogP contribution >= 0.6 is 11.6 Å². The Morgan fingerprint density at radius 1 is 1.25 bits per heavy atom. The number of piperazine rings is 1. The minimum absolute atomic E-state index is 0.270. The van der Waals surface area contributed by atoms with Crippen molar-refractivity contribution in [2.45, 2.75) is 26.8 Å². The first-order valence-corrected chi connectivity index (χ1v) is 8.64. The van der Waals surface area contributed by atoms with Crippen LogP contribution in [0, 0.1) is 6.92 Å². The van der Waals surface area contributed by atoms with Crippen LogP contribution < -0.4 is 15.5 Å². The lowest BCUT2D eigenvalue weighted by atomic mass is 10.1. The van der Waals surface area contributed by atoms with Crippen molar-refractivity contribution in [2.75, 3.05) is 37.6 Å². The van der Waals surface area contributed by atoms with Gasteiger partial charge in [-0.1, -0.05) is 17.7 Å². The second-order valence-corrected chi connectivity index (χ2v) is 6.41. The summed E-state index contributed by atoms with van der Waals surface area (Å²) < 4.78 is 0. The van der Waals surface area contributed by atoms with Gasteiger partial charge >= 0.3 is 6.03 Å². The van der Waals surface area contributed by atoms with Gasteiger partial charge in [0, 0.05) is 43.4 Å². The first-order chi connectivity index (χ1) is 11.4. The molecule has 6 nitrogen and oxygen atoms in total. The van der Waals surface area contributed by atoms with Crippen LogP contribution in [0.25, 0.3) is 0 Å². The summed E-state index contributed by atoms with van der Waals surface area (Å²) in [5.74, 6) is -0.270. The number of hydrogen-bond acceptors (Lipinski definition) is 4. The fraction of sp³-hybridized carbons (Fsp3) is 0.529. The molecular weight excluding hydrogens is 328 g/mol. The Bertz CT molecular complexity index is 600. The molecule has 24 heavy (non-hydrogen) atoms. The highest BCUT2D eigenvalue weighted by Crippen LogP contribution is 2.25. The van der Waals surface area contributed by atoms with Crippen molar-refractivity contribution in [1.29, 1.82) is 0 Å². The number of aryl methyl sites for hydroxylation is 1. The third-order valence-corrected chi connectivity index (χ3v) is 4.56. The molecule has 0 spiro atoms. The summed E-state index contributed by atoms with van der Waals surface area (Å²) >= 11 is 6.10. The van der Waals surface area contributed by atoms with Gasteiger partial charge in [-0.2, -0.15) is 0 Å². The standard InChI is InChI=1S/C17H25ClN4O2/c1-4-19-17(24)20-16(23)13(3)21-7-9-22(10-8-21)15-11-14(18)6-5-12(15)2/h5-6,11,13H,4,7-10H2,1-3H3,(H2,19,20,23,24). The van der Waals surface area contributed by atoms with E-state index in [0.29, 0.717) is 6.54 Å². The quantitative estimate of drug-likeness (QED) is 0.870. The molecule has 2 rings (SSSR count). The van der Waals surface area contributed by atoms with E-state index in [9.17, 15) is 9.59 Å². The Morgan fingerprint density at radius 3 is 2.54 bits per heavy atom. The van der Waals surface area contributed by atoms with E-state index in [2.05, 4.69) is 27.4 Å². The maximum absolute atomic E-state index is 12.1. The van der Waals surface area contributed by atoms with Crippen LogP contribution in [-0.2, 0) is 4.79 Å². The number of amides is 3. The van der Waals surface area contributed by atoms with Crippen LogP contribution in [0.2, 0.25) is 5.02 Å². The number of rotatable bonds is 4. The molecule has 1 atom stereocenters. The SMILES string of the molecule is CCNC(=O)NC(=O)C(C)N1CCN(c2cc(Cl)ccc2C)CC1. The second-order valence-electron chi connectivity index (χ2n) is 5.98. The highest BCUT2D eigenvalue weighted by atomic mass is 35.5. The number of benzene rings is 1. The number of nitrogens with zero attached hydrogens (tertiary/aromatic N) is 2. The van der Waals surface area contributed by atoms with Crippen molar-refractivity contribution >= 4 is 29.2 Å². The summed E-state index contributed by atoms with van der Waals surface area (Å²) in [7, 11) is 0. The molecule has 1 aliphatic rings. The largest absolute Gasteiger partial charge is 0.369 e. The summed E-state index contributed by atoms with van der Waals surface area (Å²) in [5, 5.41) is 5.67. The van der Waals surface area contributed by atoms with Crippen LogP contribution in [0.3, 0.4) is 0 Å². The van der Waals surface area contributed by atoms with Crippen LogP contribution in [0.5, 0.6) is 0 Å². The topological polar surface area (TPSA) is 64.7 Å². The summed E-state index contributed by atoms with van der Waals surface area (Å²) in [6.45, 7) is 9.36. The summed E-state index contributed by atoms with van der Waals surface area (Å²) in [6.07, 6.45) is 0. The number of halogens is 1. The number of anilines is 1. The van der Waals surface area contributed by atoms with Crippen LogP contribution in [0.1, 0.15) is 19.4 Å². The molecule has 3 amide bonds. The van der Waals surface area contributed by atoms with E-state index in [1.54, 1.807) is 0 Å². The van der Waals surface area contributed by atoms with Gasteiger partial charge in [0.2, 0.25) is 5.91 Å². The number of urea groups is 1. The lowest BCUT2D eigenvalue weighted by Crippen LogP contribution is -2.55. The van der Waals surface area contributed by atoms with Crippen molar-refractivity contribution in [3.8, 4) is 0 Å². The lowest BCUT2D eigenvalue weighted by molar-refractivity contribution is -0.124. The maximum atomic E-state index is 12.1. The van der Waals surface area contributed by atoms with E-state index in [4.69, 9.17) is 11.6 Å². The number of nitrogens with one attached hydrogen (secondary N) is 2. The van der Waals surface area contributed by atoms with E-state index in [0.717, 1.165) is 36.9 Å². The monoisotopic (exact) mass is 352 g/mol. The Kier molecular flexibility index (Phi) is 6.45. The Balaban J connectivity index is 1.91. The fourth-order valence-corrected chi connectivity index (χ4v) is 3.03. The van der Waals surface area contributed by atoms with Gasteiger partial charge < -0.3 is 10.2 Å². The van der Waals surface area contributed by atoms with Crippen LogP contribution in [0.15, 0.2) is 18.2 Å². The molecule has 0 aliphatic carbocycles. The summed E-state index contributed by atoms with van der Waals surface area (Å²) in [6, 6.07) is 5.12. The van der Waals surface area contributed by atoms with Crippen molar-refractivity contribution in [2.24, 2.45) is 0 Å². The molecule has 1 aromatic rings. The third kappa shape index (κ3) is 4.61. The first kappa shape index (κ1) is 18.5. The molecule has 1 unspecified atom stereocenters. The molecule has 1 heterocycles. The number of carbonyl (C=O) groups is 2. The highest BCUT2D eigenvalue weighted by molar-refractivity contribution is 6.30. The van der Waals surface area contributed by atoms with E-state index in [-0.39, 0.29) is 11.9 Å². The zero-order valence-corrected chi connectivity index (χ0v) is 15.2. The molecule has 1 fully saturated rings. The Morgan fingerprint density at radius 2 is 1.92 bits per heavy atom. The maximum Gasteiger partial charge on any atom is 0.321 e. The smallest absolute Gasteiger partial charge is 0.321 e. The highest BCUT2D eigenvalue weighted by Gasteiger charge is 2.27. The first-order valence-electron chi connectivity index (χ1n) is 8.26. The van der Waals surface area contributed by atoms with Gasteiger partial charge in [-0.3, -0.25) is 15.0 Å². The van der Waals surface area contributed by atoms with Crippen LogP contribution in [-0.4, -0.2) is 55.6 Å². The second kappa shape index (κ2) is 8.35. The minimum atomic E-state index is -0.442. The van der Waals surface area contributed by atoms with E-state index in [1.807, 2.05) is 32.0 Å². The van der Waals surface area contributed by atoms with E-state index in [1.165, 1.54) is 5.56 Å². The van der Waals surface area contributed by atoms with Crippen molar-refractivity contribution in [3.63, 3.8) is 0 Å². The molecule has 1 aromatic carbocycles. The molecule has 132 valence electrons. The van der Waals surface area contributed by atoms with Crippen molar-refractivity contribution in [1.82, 2.24) is 15.5 Å². The molecule has 0 aromatic heterocycles. The summed E-state index contributed by atoms with van der Waals surface area (Å²) in [5.41, 5.74) is 2.33. The van der Waals surface area contributed by atoms with Gasteiger partial charge in [-0.05, 0) is 38.5 Å². The van der Waals surface area contributed by atoms with Gasteiger partial charge in [0.15, 0.2) is 0 Å². The van der Waals surface area contributed by atoms with E-state index < -0.39 is 6.03 Å². The third-order valence-electron chi connectivity index (χ3n) is 4.33. The van der Waals surface area contributed by atoms with Crippen LogP contribution in [0.4, 0.5) is 10.5 Å². The number of imide groups is 1. The average Bonchev–Trinajstić information content (AvgIpc) is 2.56. The lowest BCUT2D eigenvalue weighted by Gasteiger charge is -2.39. The van der Waals surface area contributed by atoms with Gasteiger partial charge in [0.1, 0.15) is 0 Å². The van der Waals surface area contributed by atoms with Gasteiger partial charge in [0.05, 0.1) is 6.04 Å². The number of carbonyl (C=O) groups excluding carboxylic acids is 2. The Hall–Kier alpha value is -1.79. The van der Waals surface area contributed by atoms with E-state index >= 15 is 0 Å². The molecule has 2 N–H and O–H groups in total. The van der Waals surface area contributed by atoms with Gasteiger partial charge in [-0.25, -0.2) is 4.79 Å². The zero-order chi connectivity index (χ0) is 17.7. The molecule has 1 saturated heterocycles. The van der Waals surface area contributed by atoms with Gasteiger partial charge in [-0.15, -0.1) is 0 Å². The molecular formula is C17H25ClN4O2. The summed E-state index contributed by atoms with van der Waals surface area (Å²) in [4.78, 5) is 28.0. The number of hydrogen-bond donors (Lipinski definition) is 2. The predicted molar refractivity (Wildman–Crippen MR) is 96.7 cm³/mol. The molecule has 0 radical (unpaired) electrons. The minimum Gasteiger partial charge on any atom is -0.369 e. The molecule has 7 heteroatoms. The predicted octanol–water partition coefficient (Wildman–Crippen LogP) is 2.00. The molecule has 1 aliphatic heterocycles. The average molecular weight is 353 g/mol. The van der Waals surface area contributed by atoms with Crippen molar-refractivity contribution < 1.29 is 9.59 Å². The normalized spacial score (nSPS) is 16.6.